The highest BCUT2D eigenvalue weighted by atomic mass is 16.5. The van der Waals surface area contributed by atoms with Crippen LogP contribution < -0.4 is 14.8 Å². The van der Waals surface area contributed by atoms with Crippen LogP contribution in [0.25, 0.3) is 11.1 Å². The molecule has 2 aliphatic heterocycles. The van der Waals surface area contributed by atoms with Gasteiger partial charge in [-0.25, -0.2) is 0 Å². The Kier molecular flexibility index (Phi) is 3.80. The number of carboxylic acid groups (broad SMARTS) is 1. The fraction of sp³-hybridized carbons (Fsp3) is 0.263. The van der Waals surface area contributed by atoms with Gasteiger partial charge in [-0.05, 0) is 47.4 Å². The van der Waals surface area contributed by atoms with Gasteiger partial charge in [0, 0.05) is 0 Å². The lowest BCUT2D eigenvalue weighted by Gasteiger charge is -2.23. The van der Waals surface area contributed by atoms with Crippen LogP contribution in [0.3, 0.4) is 0 Å². The van der Waals surface area contributed by atoms with Gasteiger partial charge in [-0.2, -0.15) is 0 Å². The highest BCUT2D eigenvalue weighted by molar-refractivity contribution is 5.98. The number of hydrogen-bond acceptors (Lipinski definition) is 4. The van der Waals surface area contributed by atoms with E-state index in [9.17, 15) is 14.7 Å². The van der Waals surface area contributed by atoms with Crippen LogP contribution in [0, 0.1) is 5.92 Å². The second kappa shape index (κ2) is 6.12. The fourth-order valence-corrected chi connectivity index (χ4v) is 3.17. The number of nitrogens with one attached hydrogen (secondary N) is 1. The van der Waals surface area contributed by atoms with Crippen LogP contribution in [0.5, 0.6) is 11.5 Å². The minimum absolute atomic E-state index is 0.151. The standard InChI is InChI=1S/C19H17NO5/c21-18-15-9-12(2-4-17(15)24-6-5-20-18)11-1-3-16-13(7-11)8-14(10-25-16)19(22)23/h1-4,7,9,14H,5-6,8,10H2,(H,20,21)(H,22,23). The average Bonchev–Trinajstić information content (AvgIpc) is 2.82. The minimum Gasteiger partial charge on any atom is -0.492 e. The van der Waals surface area contributed by atoms with Crippen LogP contribution in [-0.4, -0.2) is 36.7 Å². The normalized spacial score (nSPS) is 18.7. The van der Waals surface area contributed by atoms with E-state index >= 15 is 0 Å². The van der Waals surface area contributed by atoms with Gasteiger partial charge in [0.2, 0.25) is 0 Å². The van der Waals surface area contributed by atoms with E-state index in [-0.39, 0.29) is 12.5 Å². The highest BCUT2D eigenvalue weighted by Gasteiger charge is 2.26. The van der Waals surface area contributed by atoms with Gasteiger partial charge >= 0.3 is 5.97 Å². The Bertz CT molecular complexity index is 861. The molecular formula is C19H17NO5. The first-order chi connectivity index (χ1) is 12.1. The third kappa shape index (κ3) is 2.91. The number of carbonyl (C=O) groups is 2. The Labute approximate surface area is 144 Å². The number of amides is 1. The molecule has 0 bridgehead atoms. The van der Waals surface area contributed by atoms with Crippen molar-refractivity contribution in [1.82, 2.24) is 5.32 Å². The molecule has 0 spiro atoms. The van der Waals surface area contributed by atoms with Crippen LogP contribution in [0.15, 0.2) is 36.4 Å². The van der Waals surface area contributed by atoms with Crippen LogP contribution in [-0.2, 0) is 11.2 Å². The second-order valence-electron chi connectivity index (χ2n) is 6.19. The molecule has 4 rings (SSSR count). The first-order valence-electron chi connectivity index (χ1n) is 8.16. The zero-order chi connectivity index (χ0) is 17.4. The second-order valence-corrected chi connectivity index (χ2v) is 6.19. The van der Waals surface area contributed by atoms with Crippen molar-refractivity contribution >= 4 is 11.9 Å². The van der Waals surface area contributed by atoms with E-state index in [2.05, 4.69) is 5.32 Å². The van der Waals surface area contributed by atoms with E-state index < -0.39 is 11.9 Å². The number of rotatable bonds is 2. The van der Waals surface area contributed by atoms with Gasteiger partial charge in [-0.1, -0.05) is 12.1 Å². The molecule has 0 aliphatic carbocycles. The molecule has 2 N–H and O–H groups in total. The number of benzene rings is 2. The maximum absolute atomic E-state index is 12.2. The van der Waals surface area contributed by atoms with E-state index in [1.54, 1.807) is 12.1 Å². The molecule has 0 radical (unpaired) electrons. The maximum atomic E-state index is 12.2. The van der Waals surface area contributed by atoms with E-state index in [1.165, 1.54) is 0 Å². The summed E-state index contributed by atoms with van der Waals surface area (Å²) in [5.74, 6) is -0.242. The molecule has 2 heterocycles. The third-order valence-electron chi connectivity index (χ3n) is 4.52. The first kappa shape index (κ1) is 15.5. The quantitative estimate of drug-likeness (QED) is 0.875. The van der Waals surface area contributed by atoms with Crippen molar-refractivity contribution in [3.63, 3.8) is 0 Å². The predicted octanol–water partition coefficient (Wildman–Crippen LogP) is 2.11. The summed E-state index contributed by atoms with van der Waals surface area (Å²) in [7, 11) is 0. The van der Waals surface area contributed by atoms with Crippen molar-refractivity contribution in [3.05, 3.63) is 47.5 Å². The van der Waals surface area contributed by atoms with Gasteiger partial charge in [0.1, 0.15) is 24.7 Å². The summed E-state index contributed by atoms with van der Waals surface area (Å²) in [6.45, 7) is 1.12. The SMILES string of the molecule is O=C1NCCOc2ccc(-c3ccc4c(c3)CC(C(=O)O)CO4)cc21. The molecule has 6 nitrogen and oxygen atoms in total. The van der Waals surface area contributed by atoms with E-state index in [0.29, 0.717) is 30.9 Å². The Morgan fingerprint density at radius 3 is 2.64 bits per heavy atom. The van der Waals surface area contributed by atoms with Gasteiger partial charge < -0.3 is 19.9 Å². The number of carbonyl (C=O) groups excluding carboxylic acids is 1. The molecule has 0 saturated carbocycles. The van der Waals surface area contributed by atoms with Crippen molar-refractivity contribution < 1.29 is 24.2 Å². The number of hydrogen-bond donors (Lipinski definition) is 2. The molecule has 1 unspecified atom stereocenters. The third-order valence-corrected chi connectivity index (χ3v) is 4.52. The van der Waals surface area contributed by atoms with Crippen LogP contribution in [0.1, 0.15) is 15.9 Å². The van der Waals surface area contributed by atoms with Gasteiger partial charge in [0.05, 0.1) is 18.0 Å². The summed E-state index contributed by atoms with van der Waals surface area (Å²) in [4.78, 5) is 23.4. The summed E-state index contributed by atoms with van der Waals surface area (Å²) in [5, 5.41) is 12.0. The molecule has 1 atom stereocenters. The Morgan fingerprint density at radius 2 is 1.84 bits per heavy atom. The summed E-state index contributed by atoms with van der Waals surface area (Å²) in [5.41, 5.74) is 3.16. The number of aliphatic carboxylic acids is 1. The van der Waals surface area contributed by atoms with Crippen molar-refractivity contribution in [2.75, 3.05) is 19.8 Å². The number of fused-ring (bicyclic) bond motifs is 2. The molecule has 2 aromatic rings. The van der Waals surface area contributed by atoms with E-state index in [1.807, 2.05) is 24.3 Å². The van der Waals surface area contributed by atoms with Gasteiger partial charge in [0.25, 0.3) is 5.91 Å². The minimum atomic E-state index is -0.852. The topological polar surface area (TPSA) is 84.9 Å². The number of ether oxygens (including phenoxy) is 2. The summed E-state index contributed by atoms with van der Waals surface area (Å²) in [6, 6.07) is 11.2. The van der Waals surface area contributed by atoms with Crippen LogP contribution in [0.4, 0.5) is 0 Å². The molecule has 25 heavy (non-hydrogen) atoms. The van der Waals surface area contributed by atoms with E-state index in [0.717, 1.165) is 22.4 Å². The Balaban J connectivity index is 1.70. The van der Waals surface area contributed by atoms with Crippen molar-refractivity contribution in [1.29, 1.82) is 0 Å². The largest absolute Gasteiger partial charge is 0.492 e. The fourth-order valence-electron chi connectivity index (χ4n) is 3.17. The molecule has 128 valence electrons. The molecule has 2 aromatic carbocycles. The van der Waals surface area contributed by atoms with E-state index in [4.69, 9.17) is 9.47 Å². The molecular weight excluding hydrogens is 322 g/mol. The molecule has 0 fully saturated rings. The lowest BCUT2D eigenvalue weighted by molar-refractivity contribution is -0.143. The monoisotopic (exact) mass is 339 g/mol. The molecule has 1 amide bonds. The lowest BCUT2D eigenvalue weighted by atomic mass is 9.93. The molecule has 2 aliphatic rings. The maximum Gasteiger partial charge on any atom is 0.310 e. The highest BCUT2D eigenvalue weighted by Crippen LogP contribution is 2.33. The summed E-state index contributed by atoms with van der Waals surface area (Å²) < 4.78 is 11.1. The van der Waals surface area contributed by atoms with Crippen molar-refractivity contribution in [2.24, 2.45) is 5.92 Å². The summed E-state index contributed by atoms with van der Waals surface area (Å²) >= 11 is 0. The average molecular weight is 339 g/mol. The Hall–Kier alpha value is -3.02. The summed E-state index contributed by atoms with van der Waals surface area (Å²) in [6.07, 6.45) is 0.438. The first-order valence-corrected chi connectivity index (χ1v) is 8.16. The van der Waals surface area contributed by atoms with Gasteiger partial charge in [0.15, 0.2) is 0 Å². The molecule has 0 aromatic heterocycles. The number of carboxylic acids is 1. The Morgan fingerprint density at radius 1 is 1.08 bits per heavy atom. The van der Waals surface area contributed by atoms with Crippen molar-refractivity contribution in [3.8, 4) is 22.6 Å². The van der Waals surface area contributed by atoms with Crippen LogP contribution in [0.2, 0.25) is 0 Å². The zero-order valence-corrected chi connectivity index (χ0v) is 13.5. The van der Waals surface area contributed by atoms with Gasteiger partial charge in [-0.3, -0.25) is 9.59 Å². The van der Waals surface area contributed by atoms with Gasteiger partial charge in [-0.15, -0.1) is 0 Å². The van der Waals surface area contributed by atoms with Crippen LogP contribution >= 0.6 is 0 Å². The zero-order valence-electron chi connectivity index (χ0n) is 13.5. The smallest absolute Gasteiger partial charge is 0.310 e. The molecule has 0 saturated heterocycles. The van der Waals surface area contributed by atoms with Crippen molar-refractivity contribution in [2.45, 2.75) is 6.42 Å². The molecule has 6 heteroatoms. The predicted molar refractivity (Wildman–Crippen MR) is 90.0 cm³/mol. The lowest BCUT2D eigenvalue weighted by Crippen LogP contribution is -2.27.